The topological polar surface area (TPSA) is 23.6 Å². The lowest BCUT2D eigenvalue weighted by atomic mass is 10.0. The number of hydrogen-bond acceptors (Lipinski definition) is 2. The molecule has 0 spiro atoms. The molecule has 0 saturated carbocycles. The monoisotopic (exact) mass is 198 g/mol. The molecule has 1 fully saturated rings. The Morgan fingerprint density at radius 2 is 1.93 bits per heavy atom. The molecule has 1 saturated heterocycles. The van der Waals surface area contributed by atoms with Crippen LogP contribution in [0.4, 0.5) is 0 Å². The van der Waals surface area contributed by atoms with Crippen LogP contribution in [-0.4, -0.2) is 47.9 Å². The van der Waals surface area contributed by atoms with Crippen LogP contribution in [0.2, 0.25) is 0 Å². The molecule has 1 heterocycles. The van der Waals surface area contributed by atoms with Gasteiger partial charge in [0.25, 0.3) is 0 Å². The van der Waals surface area contributed by atoms with Gasteiger partial charge in [0, 0.05) is 32.6 Å². The molecule has 1 aliphatic heterocycles. The number of likely N-dealkylation sites (tertiary alicyclic amines) is 1. The average Bonchev–Trinajstić information content (AvgIpc) is 2.19. The number of rotatable bonds is 3. The Morgan fingerprint density at radius 1 is 1.36 bits per heavy atom. The zero-order valence-corrected chi connectivity index (χ0v) is 9.62. The Kier molecular flexibility index (Phi) is 4.39. The third-order valence-electron chi connectivity index (χ3n) is 3.19. The molecule has 0 aromatic heterocycles. The Hall–Kier alpha value is -0.570. The first-order chi connectivity index (χ1) is 6.69. The van der Waals surface area contributed by atoms with E-state index >= 15 is 0 Å². The lowest BCUT2D eigenvalue weighted by Gasteiger charge is -2.37. The van der Waals surface area contributed by atoms with Crippen LogP contribution < -0.4 is 0 Å². The van der Waals surface area contributed by atoms with Crippen molar-refractivity contribution in [3.63, 3.8) is 0 Å². The molecule has 0 unspecified atom stereocenters. The summed E-state index contributed by atoms with van der Waals surface area (Å²) in [4.78, 5) is 15.8. The van der Waals surface area contributed by atoms with Crippen molar-refractivity contribution in [1.82, 2.24) is 9.80 Å². The summed E-state index contributed by atoms with van der Waals surface area (Å²) in [5.41, 5.74) is 0. The normalized spacial score (nSPS) is 19.6. The van der Waals surface area contributed by atoms with E-state index in [0.717, 1.165) is 39.0 Å². The van der Waals surface area contributed by atoms with Gasteiger partial charge in [-0.3, -0.25) is 4.79 Å². The van der Waals surface area contributed by atoms with Crippen LogP contribution in [0.3, 0.4) is 0 Å². The van der Waals surface area contributed by atoms with Crippen molar-refractivity contribution < 1.29 is 4.79 Å². The first kappa shape index (κ1) is 11.5. The Morgan fingerprint density at radius 3 is 2.29 bits per heavy atom. The molecule has 1 amide bonds. The largest absolute Gasteiger partial charge is 0.340 e. The van der Waals surface area contributed by atoms with Gasteiger partial charge in [0.15, 0.2) is 0 Å². The van der Waals surface area contributed by atoms with Gasteiger partial charge in [-0.1, -0.05) is 6.92 Å². The summed E-state index contributed by atoms with van der Waals surface area (Å²) in [5, 5.41) is 0. The summed E-state index contributed by atoms with van der Waals surface area (Å²) >= 11 is 0. The smallest absolute Gasteiger partial charge is 0.219 e. The van der Waals surface area contributed by atoms with E-state index in [2.05, 4.69) is 18.7 Å². The van der Waals surface area contributed by atoms with E-state index in [1.807, 2.05) is 4.90 Å². The fourth-order valence-electron chi connectivity index (χ4n) is 2.29. The lowest BCUT2D eigenvalue weighted by molar-refractivity contribution is -0.131. The fraction of sp³-hybridized carbons (Fsp3) is 0.909. The minimum Gasteiger partial charge on any atom is -0.340 e. The highest BCUT2D eigenvalue weighted by molar-refractivity contribution is 5.73. The summed E-state index contributed by atoms with van der Waals surface area (Å²) < 4.78 is 0. The van der Waals surface area contributed by atoms with Crippen molar-refractivity contribution in [2.24, 2.45) is 0 Å². The zero-order chi connectivity index (χ0) is 10.6. The Labute approximate surface area is 87.1 Å². The molecular weight excluding hydrogens is 176 g/mol. The van der Waals surface area contributed by atoms with E-state index in [4.69, 9.17) is 0 Å². The fourth-order valence-corrected chi connectivity index (χ4v) is 2.29. The van der Waals surface area contributed by atoms with Gasteiger partial charge >= 0.3 is 0 Å². The molecule has 0 bridgehead atoms. The Balaban J connectivity index is 2.43. The van der Waals surface area contributed by atoms with E-state index in [0.29, 0.717) is 6.04 Å². The summed E-state index contributed by atoms with van der Waals surface area (Å²) in [6.45, 7) is 10.2. The van der Waals surface area contributed by atoms with Gasteiger partial charge in [0.05, 0.1) is 0 Å². The number of carbonyl (C=O) groups is 1. The third-order valence-corrected chi connectivity index (χ3v) is 3.19. The van der Waals surface area contributed by atoms with Crippen molar-refractivity contribution in [2.45, 2.75) is 39.7 Å². The molecule has 3 nitrogen and oxygen atoms in total. The second-order valence-electron chi connectivity index (χ2n) is 3.97. The van der Waals surface area contributed by atoms with Crippen LogP contribution in [0.5, 0.6) is 0 Å². The van der Waals surface area contributed by atoms with Crippen molar-refractivity contribution in [3.8, 4) is 0 Å². The van der Waals surface area contributed by atoms with Gasteiger partial charge in [-0.2, -0.15) is 0 Å². The molecule has 82 valence electrons. The maximum absolute atomic E-state index is 11.3. The number of amides is 1. The van der Waals surface area contributed by atoms with Gasteiger partial charge in [0.1, 0.15) is 0 Å². The first-order valence-electron chi connectivity index (χ1n) is 5.68. The van der Waals surface area contributed by atoms with Gasteiger partial charge < -0.3 is 9.80 Å². The number of piperidine rings is 1. The van der Waals surface area contributed by atoms with Crippen LogP contribution in [0.25, 0.3) is 0 Å². The van der Waals surface area contributed by atoms with Crippen molar-refractivity contribution in [3.05, 3.63) is 0 Å². The molecule has 14 heavy (non-hydrogen) atoms. The summed E-state index contributed by atoms with van der Waals surface area (Å²) in [7, 11) is 0. The highest BCUT2D eigenvalue weighted by Gasteiger charge is 2.24. The van der Waals surface area contributed by atoms with Gasteiger partial charge in [-0.15, -0.1) is 0 Å². The molecule has 0 N–H and O–H groups in total. The van der Waals surface area contributed by atoms with Crippen LogP contribution in [0.1, 0.15) is 33.6 Å². The average molecular weight is 198 g/mol. The SMILES string of the molecule is CCN1CCC(N(CC)C(C)=O)CC1. The minimum atomic E-state index is 0.224. The van der Waals surface area contributed by atoms with Crippen molar-refractivity contribution in [1.29, 1.82) is 0 Å². The summed E-state index contributed by atoms with van der Waals surface area (Å²) in [6, 6.07) is 0.486. The van der Waals surface area contributed by atoms with Crippen LogP contribution in [-0.2, 0) is 4.79 Å². The number of carbonyl (C=O) groups excluding carboxylic acids is 1. The quantitative estimate of drug-likeness (QED) is 0.683. The second kappa shape index (κ2) is 5.35. The summed E-state index contributed by atoms with van der Waals surface area (Å²) in [6.07, 6.45) is 2.28. The predicted octanol–water partition coefficient (Wildman–Crippen LogP) is 1.34. The maximum atomic E-state index is 11.3. The third kappa shape index (κ3) is 2.71. The van der Waals surface area contributed by atoms with E-state index in [9.17, 15) is 4.79 Å². The van der Waals surface area contributed by atoms with E-state index in [1.165, 1.54) is 0 Å². The first-order valence-corrected chi connectivity index (χ1v) is 5.68. The van der Waals surface area contributed by atoms with Crippen LogP contribution in [0.15, 0.2) is 0 Å². The highest BCUT2D eigenvalue weighted by Crippen LogP contribution is 2.16. The summed E-state index contributed by atoms with van der Waals surface area (Å²) in [5.74, 6) is 0.224. The minimum absolute atomic E-state index is 0.224. The molecule has 0 atom stereocenters. The Bertz CT molecular complexity index is 186. The van der Waals surface area contributed by atoms with Gasteiger partial charge in [-0.25, -0.2) is 0 Å². The predicted molar refractivity (Wildman–Crippen MR) is 58.2 cm³/mol. The number of hydrogen-bond donors (Lipinski definition) is 0. The van der Waals surface area contributed by atoms with Crippen molar-refractivity contribution in [2.75, 3.05) is 26.2 Å². The van der Waals surface area contributed by atoms with Gasteiger partial charge in [-0.05, 0) is 26.3 Å². The van der Waals surface area contributed by atoms with E-state index in [-0.39, 0.29) is 5.91 Å². The standard InChI is InChI=1S/C11H22N2O/c1-4-12-8-6-11(7-9-12)13(5-2)10(3)14/h11H,4-9H2,1-3H3. The van der Waals surface area contributed by atoms with Gasteiger partial charge in [0.2, 0.25) is 5.91 Å². The van der Waals surface area contributed by atoms with E-state index in [1.54, 1.807) is 6.92 Å². The molecule has 0 aromatic rings. The molecule has 0 aliphatic carbocycles. The van der Waals surface area contributed by atoms with Crippen LogP contribution >= 0.6 is 0 Å². The zero-order valence-electron chi connectivity index (χ0n) is 9.62. The van der Waals surface area contributed by atoms with Crippen LogP contribution in [0, 0.1) is 0 Å². The van der Waals surface area contributed by atoms with E-state index < -0.39 is 0 Å². The molecule has 0 aromatic carbocycles. The molecular formula is C11H22N2O. The molecule has 0 radical (unpaired) electrons. The lowest BCUT2D eigenvalue weighted by Crippen LogP contribution is -2.46. The molecule has 1 aliphatic rings. The maximum Gasteiger partial charge on any atom is 0.219 e. The molecule has 1 rings (SSSR count). The highest BCUT2D eigenvalue weighted by atomic mass is 16.2. The number of nitrogens with zero attached hydrogens (tertiary/aromatic N) is 2. The van der Waals surface area contributed by atoms with Crippen molar-refractivity contribution >= 4 is 5.91 Å². The molecule has 3 heteroatoms. The second-order valence-corrected chi connectivity index (χ2v) is 3.97.